The second-order valence-electron chi connectivity index (χ2n) is 2.87. The Labute approximate surface area is 50.8 Å². The summed E-state index contributed by atoms with van der Waals surface area (Å²) in [6.07, 6.45) is 3.21. The fourth-order valence-electron chi connectivity index (χ4n) is 1.32. The molecular formula is C7H13N. The summed E-state index contributed by atoms with van der Waals surface area (Å²) >= 11 is 0. The zero-order valence-electron chi connectivity index (χ0n) is 5.57. The van der Waals surface area contributed by atoms with Gasteiger partial charge in [0, 0.05) is 11.6 Å². The summed E-state index contributed by atoms with van der Waals surface area (Å²) in [5, 5.41) is 3.35. The predicted molar refractivity (Wildman–Crippen MR) is 35.8 cm³/mol. The minimum Gasteiger partial charge on any atom is -0.305 e. The first-order valence-electron chi connectivity index (χ1n) is 3.07. The lowest BCUT2D eigenvalue weighted by atomic mass is 9.84. The Bertz CT molecular complexity index is 101. The van der Waals surface area contributed by atoms with Gasteiger partial charge in [0.05, 0.1) is 0 Å². The molecule has 1 aliphatic rings. The van der Waals surface area contributed by atoms with Gasteiger partial charge in [-0.3, -0.25) is 0 Å². The lowest BCUT2D eigenvalue weighted by Gasteiger charge is -2.43. The normalized spacial score (nSPS) is 45.5. The van der Waals surface area contributed by atoms with Gasteiger partial charge in [-0.25, -0.2) is 0 Å². The summed E-state index contributed by atoms with van der Waals surface area (Å²) in [6, 6.07) is 0.693. The monoisotopic (exact) mass is 111 g/mol. The Hall–Kier alpha value is -0.300. The molecule has 1 fully saturated rings. The third-order valence-electron chi connectivity index (χ3n) is 1.76. The van der Waals surface area contributed by atoms with E-state index in [1.807, 2.05) is 6.08 Å². The maximum Gasteiger partial charge on any atom is 0.0350 e. The molecule has 0 aliphatic carbocycles. The van der Waals surface area contributed by atoms with Crippen molar-refractivity contribution >= 4 is 0 Å². The fraction of sp³-hybridized carbons (Fsp3) is 0.714. The maximum absolute atomic E-state index is 3.73. The average molecular weight is 111 g/mol. The van der Waals surface area contributed by atoms with Crippen molar-refractivity contribution in [2.24, 2.45) is 0 Å². The molecule has 1 aliphatic heterocycles. The van der Waals surface area contributed by atoms with Crippen molar-refractivity contribution in [2.75, 3.05) is 0 Å². The number of hydrogen-bond donors (Lipinski definition) is 1. The van der Waals surface area contributed by atoms with Gasteiger partial charge in [-0.2, -0.15) is 0 Å². The molecule has 1 heterocycles. The second-order valence-corrected chi connectivity index (χ2v) is 2.87. The highest BCUT2D eigenvalue weighted by molar-refractivity contribution is 5.09. The number of rotatable bonds is 1. The van der Waals surface area contributed by atoms with Crippen molar-refractivity contribution in [1.29, 1.82) is 0 Å². The predicted octanol–water partition coefficient (Wildman–Crippen LogP) is 1.31. The lowest BCUT2D eigenvalue weighted by molar-refractivity contribution is 0.222. The number of hydrogen-bond acceptors (Lipinski definition) is 1. The van der Waals surface area contributed by atoms with E-state index in [1.54, 1.807) is 0 Å². The van der Waals surface area contributed by atoms with Gasteiger partial charge in [0.2, 0.25) is 0 Å². The van der Waals surface area contributed by atoms with Crippen molar-refractivity contribution in [3.63, 3.8) is 0 Å². The molecule has 0 spiro atoms. The van der Waals surface area contributed by atoms with Gasteiger partial charge >= 0.3 is 0 Å². The second kappa shape index (κ2) is 1.59. The van der Waals surface area contributed by atoms with Crippen LogP contribution in [0.25, 0.3) is 0 Å². The van der Waals surface area contributed by atoms with Crippen molar-refractivity contribution in [3.8, 4) is 0 Å². The fourth-order valence-corrected chi connectivity index (χ4v) is 1.32. The lowest BCUT2D eigenvalue weighted by Crippen LogP contribution is -2.58. The van der Waals surface area contributed by atoms with Gasteiger partial charge in [0.25, 0.3) is 0 Å². The minimum absolute atomic E-state index is 0.249. The SMILES string of the molecule is C=CC1(C)CC(C)N1. The van der Waals surface area contributed by atoms with E-state index in [1.165, 1.54) is 6.42 Å². The first-order chi connectivity index (χ1) is 3.66. The van der Waals surface area contributed by atoms with E-state index in [9.17, 15) is 0 Å². The molecule has 0 aromatic heterocycles. The molecule has 46 valence electrons. The summed E-state index contributed by atoms with van der Waals surface area (Å²) in [5.41, 5.74) is 0.249. The van der Waals surface area contributed by atoms with Crippen molar-refractivity contribution in [1.82, 2.24) is 5.32 Å². The largest absolute Gasteiger partial charge is 0.305 e. The molecule has 1 N–H and O–H groups in total. The smallest absolute Gasteiger partial charge is 0.0350 e. The Morgan fingerprint density at radius 2 is 2.38 bits per heavy atom. The zero-order chi connectivity index (χ0) is 6.20. The Kier molecular flexibility index (Phi) is 1.16. The van der Waals surface area contributed by atoms with E-state index in [0.29, 0.717) is 6.04 Å². The van der Waals surface area contributed by atoms with Crippen LogP contribution in [0.2, 0.25) is 0 Å². The maximum atomic E-state index is 3.73. The minimum atomic E-state index is 0.249. The molecule has 0 radical (unpaired) electrons. The first kappa shape index (κ1) is 5.83. The van der Waals surface area contributed by atoms with E-state index in [-0.39, 0.29) is 5.54 Å². The zero-order valence-corrected chi connectivity index (χ0v) is 5.57. The summed E-state index contributed by atoms with van der Waals surface area (Å²) in [7, 11) is 0. The Balaban J connectivity index is 2.40. The van der Waals surface area contributed by atoms with E-state index in [2.05, 4.69) is 25.7 Å². The van der Waals surface area contributed by atoms with Gasteiger partial charge in [0.15, 0.2) is 0 Å². The van der Waals surface area contributed by atoms with Crippen LogP contribution in [0.5, 0.6) is 0 Å². The van der Waals surface area contributed by atoms with Crippen LogP contribution >= 0.6 is 0 Å². The summed E-state index contributed by atoms with van der Waals surface area (Å²) in [5.74, 6) is 0. The molecule has 1 rings (SSSR count). The molecule has 2 unspecified atom stereocenters. The van der Waals surface area contributed by atoms with Gasteiger partial charge < -0.3 is 5.32 Å². The first-order valence-corrected chi connectivity index (χ1v) is 3.07. The third-order valence-corrected chi connectivity index (χ3v) is 1.76. The van der Waals surface area contributed by atoms with Crippen molar-refractivity contribution in [3.05, 3.63) is 12.7 Å². The molecule has 0 bridgehead atoms. The van der Waals surface area contributed by atoms with Crippen LogP contribution in [-0.2, 0) is 0 Å². The standard InChI is InChI=1S/C7H13N/c1-4-7(3)5-6(2)8-7/h4,6,8H,1,5H2,2-3H3. The topological polar surface area (TPSA) is 12.0 Å². The van der Waals surface area contributed by atoms with Crippen molar-refractivity contribution in [2.45, 2.75) is 31.8 Å². The summed E-state index contributed by atoms with van der Waals surface area (Å²) < 4.78 is 0. The van der Waals surface area contributed by atoms with Gasteiger partial charge in [-0.1, -0.05) is 6.08 Å². The Morgan fingerprint density at radius 3 is 2.50 bits per heavy atom. The summed E-state index contributed by atoms with van der Waals surface area (Å²) in [4.78, 5) is 0. The van der Waals surface area contributed by atoms with Crippen LogP contribution in [0.4, 0.5) is 0 Å². The van der Waals surface area contributed by atoms with Crippen LogP contribution in [0, 0.1) is 0 Å². The highest BCUT2D eigenvalue weighted by Gasteiger charge is 2.33. The third kappa shape index (κ3) is 0.781. The Morgan fingerprint density at radius 1 is 1.88 bits per heavy atom. The number of nitrogens with one attached hydrogen (secondary N) is 1. The summed E-state index contributed by atoms with van der Waals surface area (Å²) in [6.45, 7) is 8.08. The van der Waals surface area contributed by atoms with Gasteiger partial charge in [-0.15, -0.1) is 6.58 Å². The van der Waals surface area contributed by atoms with Gasteiger partial charge in [0.1, 0.15) is 0 Å². The molecule has 1 saturated heterocycles. The van der Waals surface area contributed by atoms with Crippen LogP contribution in [-0.4, -0.2) is 11.6 Å². The van der Waals surface area contributed by atoms with Crippen molar-refractivity contribution < 1.29 is 0 Å². The van der Waals surface area contributed by atoms with Crippen LogP contribution in [0.3, 0.4) is 0 Å². The molecule has 8 heavy (non-hydrogen) atoms. The average Bonchev–Trinajstić information content (AvgIpc) is 1.63. The van der Waals surface area contributed by atoms with E-state index >= 15 is 0 Å². The molecule has 0 saturated carbocycles. The van der Waals surface area contributed by atoms with Crippen LogP contribution in [0.1, 0.15) is 20.3 Å². The highest BCUT2D eigenvalue weighted by Crippen LogP contribution is 2.23. The molecule has 0 aromatic carbocycles. The quantitative estimate of drug-likeness (QED) is 0.503. The molecule has 2 atom stereocenters. The van der Waals surface area contributed by atoms with Crippen LogP contribution < -0.4 is 5.32 Å². The highest BCUT2D eigenvalue weighted by atomic mass is 15.1. The van der Waals surface area contributed by atoms with E-state index in [4.69, 9.17) is 0 Å². The van der Waals surface area contributed by atoms with Crippen LogP contribution in [0.15, 0.2) is 12.7 Å². The molecule has 0 aromatic rings. The van der Waals surface area contributed by atoms with E-state index in [0.717, 1.165) is 0 Å². The molecule has 1 nitrogen and oxygen atoms in total. The van der Waals surface area contributed by atoms with Gasteiger partial charge in [-0.05, 0) is 20.3 Å². The molecule has 0 amide bonds. The molecule has 1 heteroatoms. The van der Waals surface area contributed by atoms with E-state index < -0.39 is 0 Å². The molecular weight excluding hydrogens is 98.1 g/mol.